The molecule has 0 aliphatic heterocycles. The molecule has 0 saturated heterocycles. The van der Waals surface area contributed by atoms with Crippen LogP contribution in [0, 0.1) is 40.3 Å². The van der Waals surface area contributed by atoms with Crippen LogP contribution in [0.3, 0.4) is 0 Å². The molecule has 3 saturated carbocycles. The van der Waals surface area contributed by atoms with Crippen molar-refractivity contribution in [3.05, 3.63) is 35.9 Å². The zero-order valence-electron chi connectivity index (χ0n) is 17.5. The van der Waals surface area contributed by atoms with E-state index in [0.29, 0.717) is 17.3 Å². The Balaban J connectivity index is 1.43. The highest BCUT2D eigenvalue weighted by molar-refractivity contribution is 5.72. The van der Waals surface area contributed by atoms with E-state index in [0.717, 1.165) is 36.7 Å². The van der Waals surface area contributed by atoms with Crippen LogP contribution in [0.25, 0.3) is 5.57 Å². The SMILES string of the molecule is CC1(O)CCC2(C)C(CCC3C4CC=C(c5cncc(F)c5)C4(C)CCC32)C1. The van der Waals surface area contributed by atoms with Crippen LogP contribution in [0.5, 0.6) is 0 Å². The highest BCUT2D eigenvalue weighted by Gasteiger charge is 2.59. The molecule has 0 spiro atoms. The van der Waals surface area contributed by atoms with E-state index in [1.54, 1.807) is 6.07 Å². The second-order valence-electron chi connectivity index (χ2n) is 11.1. The zero-order valence-corrected chi connectivity index (χ0v) is 17.5. The maximum absolute atomic E-state index is 13.8. The second-order valence-corrected chi connectivity index (χ2v) is 11.1. The number of rotatable bonds is 1. The summed E-state index contributed by atoms with van der Waals surface area (Å²) in [4.78, 5) is 4.12. The number of halogens is 1. The van der Waals surface area contributed by atoms with Crippen LogP contribution in [0.1, 0.15) is 77.7 Å². The summed E-state index contributed by atoms with van der Waals surface area (Å²) < 4.78 is 13.8. The van der Waals surface area contributed by atoms with Gasteiger partial charge >= 0.3 is 0 Å². The molecule has 4 aliphatic carbocycles. The van der Waals surface area contributed by atoms with Gasteiger partial charge in [-0.2, -0.15) is 0 Å². The average molecular weight is 384 g/mol. The van der Waals surface area contributed by atoms with Crippen LogP contribution < -0.4 is 0 Å². The van der Waals surface area contributed by atoms with Crippen LogP contribution in [-0.4, -0.2) is 15.7 Å². The molecule has 152 valence electrons. The molecule has 28 heavy (non-hydrogen) atoms. The first-order valence-electron chi connectivity index (χ1n) is 11.3. The van der Waals surface area contributed by atoms with Gasteiger partial charge in [0.25, 0.3) is 0 Å². The predicted octanol–water partition coefficient (Wildman–Crippen LogP) is 6.01. The molecule has 0 radical (unpaired) electrons. The molecule has 1 aromatic heterocycles. The van der Waals surface area contributed by atoms with E-state index in [1.807, 2.05) is 13.1 Å². The molecular formula is C25H34FNO. The quantitative estimate of drug-likeness (QED) is 0.644. The number of fused-ring (bicyclic) bond motifs is 5. The van der Waals surface area contributed by atoms with Gasteiger partial charge in [-0.05, 0) is 110 Å². The molecular weight excluding hydrogens is 349 g/mol. The Hall–Kier alpha value is -1.22. The number of aromatic nitrogens is 1. The molecule has 7 unspecified atom stereocenters. The summed E-state index contributed by atoms with van der Waals surface area (Å²) in [7, 11) is 0. The van der Waals surface area contributed by atoms with Crippen LogP contribution in [0.2, 0.25) is 0 Å². The topological polar surface area (TPSA) is 33.1 Å². The largest absolute Gasteiger partial charge is 0.390 e. The number of hydrogen-bond acceptors (Lipinski definition) is 2. The van der Waals surface area contributed by atoms with Crippen molar-refractivity contribution in [1.82, 2.24) is 4.98 Å². The van der Waals surface area contributed by atoms with E-state index in [4.69, 9.17) is 0 Å². The molecule has 3 fully saturated rings. The van der Waals surface area contributed by atoms with E-state index < -0.39 is 5.60 Å². The summed E-state index contributed by atoms with van der Waals surface area (Å²) in [6.07, 6.45) is 14.8. The smallest absolute Gasteiger partial charge is 0.142 e. The normalized spacial score (nSPS) is 47.7. The lowest BCUT2D eigenvalue weighted by molar-refractivity contribution is -0.138. The minimum atomic E-state index is -0.466. The van der Waals surface area contributed by atoms with Crippen LogP contribution in [0.15, 0.2) is 24.5 Å². The van der Waals surface area contributed by atoms with E-state index in [-0.39, 0.29) is 11.2 Å². The summed E-state index contributed by atoms with van der Waals surface area (Å²) in [6.45, 7) is 7.00. The Morgan fingerprint density at radius 3 is 2.64 bits per heavy atom. The van der Waals surface area contributed by atoms with Crippen molar-refractivity contribution in [1.29, 1.82) is 0 Å². The van der Waals surface area contributed by atoms with Gasteiger partial charge in [-0.15, -0.1) is 0 Å². The predicted molar refractivity (Wildman–Crippen MR) is 110 cm³/mol. The van der Waals surface area contributed by atoms with Gasteiger partial charge in [-0.3, -0.25) is 4.98 Å². The number of nitrogens with zero attached hydrogens (tertiary/aromatic N) is 1. The molecule has 0 amide bonds. The van der Waals surface area contributed by atoms with Gasteiger partial charge < -0.3 is 5.11 Å². The highest BCUT2D eigenvalue weighted by atomic mass is 19.1. The van der Waals surface area contributed by atoms with Crippen molar-refractivity contribution in [2.75, 3.05) is 0 Å². The van der Waals surface area contributed by atoms with Crippen molar-refractivity contribution >= 4 is 5.57 Å². The maximum Gasteiger partial charge on any atom is 0.142 e. The third kappa shape index (κ3) is 2.65. The molecule has 3 heteroatoms. The number of aliphatic hydroxyl groups is 1. The lowest BCUT2D eigenvalue weighted by Gasteiger charge is -2.61. The fraction of sp³-hybridized carbons (Fsp3) is 0.720. The highest BCUT2D eigenvalue weighted by Crippen LogP contribution is 2.67. The summed E-state index contributed by atoms with van der Waals surface area (Å²) in [5.41, 5.74) is 2.39. The molecule has 0 bridgehead atoms. The summed E-state index contributed by atoms with van der Waals surface area (Å²) in [5.74, 6) is 2.64. The van der Waals surface area contributed by atoms with Crippen molar-refractivity contribution in [2.45, 2.75) is 77.7 Å². The summed E-state index contributed by atoms with van der Waals surface area (Å²) >= 11 is 0. The van der Waals surface area contributed by atoms with Gasteiger partial charge in [0.05, 0.1) is 11.8 Å². The Kier molecular flexibility index (Phi) is 4.12. The molecule has 7 atom stereocenters. The van der Waals surface area contributed by atoms with Crippen LogP contribution >= 0.6 is 0 Å². The van der Waals surface area contributed by atoms with Gasteiger partial charge in [0.1, 0.15) is 5.82 Å². The molecule has 0 aromatic carbocycles. The first-order valence-corrected chi connectivity index (χ1v) is 11.3. The maximum atomic E-state index is 13.8. The first-order chi connectivity index (χ1) is 13.2. The fourth-order valence-corrected chi connectivity index (χ4v) is 8.01. The standard InChI is InChI=1S/C25H34FNO/c1-23(28)10-11-24(2)17(13-23)4-5-19-21-7-6-20(16-12-18(26)15-27-14-16)25(21,3)9-8-22(19)24/h6,12,14-15,17,19,21-22,28H,4-5,7-11,13H2,1-3H3. The summed E-state index contributed by atoms with van der Waals surface area (Å²) in [5, 5.41) is 10.7. The van der Waals surface area contributed by atoms with Crippen molar-refractivity contribution < 1.29 is 9.50 Å². The second kappa shape index (κ2) is 6.14. The molecule has 1 aromatic rings. The fourth-order valence-electron chi connectivity index (χ4n) is 8.01. The van der Waals surface area contributed by atoms with E-state index in [2.05, 4.69) is 24.9 Å². The van der Waals surface area contributed by atoms with E-state index >= 15 is 0 Å². The molecule has 1 heterocycles. The summed E-state index contributed by atoms with van der Waals surface area (Å²) in [6, 6.07) is 1.67. The van der Waals surface area contributed by atoms with Crippen molar-refractivity contribution in [2.24, 2.45) is 34.5 Å². The Labute approximate surface area is 168 Å². The van der Waals surface area contributed by atoms with Crippen molar-refractivity contribution in [3.63, 3.8) is 0 Å². The number of allylic oxidation sites excluding steroid dienone is 2. The zero-order chi connectivity index (χ0) is 19.7. The third-order valence-corrected chi connectivity index (χ3v) is 9.55. The number of hydrogen-bond donors (Lipinski definition) is 1. The Morgan fingerprint density at radius 2 is 1.86 bits per heavy atom. The molecule has 5 rings (SSSR count). The monoisotopic (exact) mass is 383 g/mol. The lowest BCUT2D eigenvalue weighted by atomic mass is 9.44. The van der Waals surface area contributed by atoms with E-state index in [1.165, 1.54) is 43.9 Å². The van der Waals surface area contributed by atoms with Gasteiger partial charge in [-0.1, -0.05) is 19.9 Å². The average Bonchev–Trinajstić information content (AvgIpc) is 2.99. The van der Waals surface area contributed by atoms with Crippen molar-refractivity contribution in [3.8, 4) is 0 Å². The molecule has 4 aliphatic rings. The van der Waals surface area contributed by atoms with Gasteiger partial charge in [-0.25, -0.2) is 4.39 Å². The molecule has 1 N–H and O–H groups in total. The number of pyridine rings is 1. The third-order valence-electron chi connectivity index (χ3n) is 9.55. The Morgan fingerprint density at radius 1 is 1.04 bits per heavy atom. The van der Waals surface area contributed by atoms with Gasteiger partial charge in [0.2, 0.25) is 0 Å². The lowest BCUT2D eigenvalue weighted by Crippen LogP contribution is -2.55. The Bertz CT molecular complexity index is 817. The van der Waals surface area contributed by atoms with Gasteiger partial charge in [0.15, 0.2) is 0 Å². The van der Waals surface area contributed by atoms with Crippen LogP contribution in [0.4, 0.5) is 4.39 Å². The van der Waals surface area contributed by atoms with Gasteiger partial charge in [0, 0.05) is 6.20 Å². The van der Waals surface area contributed by atoms with Crippen LogP contribution in [-0.2, 0) is 0 Å². The molecule has 2 nitrogen and oxygen atoms in total. The van der Waals surface area contributed by atoms with E-state index in [9.17, 15) is 9.50 Å². The minimum absolute atomic E-state index is 0.153. The minimum Gasteiger partial charge on any atom is -0.390 e. The first kappa shape index (κ1) is 18.8.